The molecule has 0 amide bonds. The number of nitrogens with one attached hydrogen (secondary N) is 1. The maximum atomic E-state index is 4.66. The summed E-state index contributed by atoms with van der Waals surface area (Å²) < 4.78 is 0. The number of imidazole rings is 1. The predicted molar refractivity (Wildman–Crippen MR) is 106 cm³/mol. The summed E-state index contributed by atoms with van der Waals surface area (Å²) in [4.78, 5) is 8.05. The van der Waals surface area contributed by atoms with Gasteiger partial charge in [0.2, 0.25) is 0 Å². The van der Waals surface area contributed by atoms with Gasteiger partial charge in [0.05, 0.1) is 11.0 Å². The lowest BCUT2D eigenvalue weighted by atomic mass is 10.0. The summed E-state index contributed by atoms with van der Waals surface area (Å²) in [7, 11) is 0. The molecule has 4 aromatic rings. The number of H-pyrrole nitrogens is 1. The molecule has 0 saturated heterocycles. The van der Waals surface area contributed by atoms with E-state index >= 15 is 0 Å². The first kappa shape index (κ1) is 16.0. The predicted octanol–water partition coefficient (Wildman–Crippen LogP) is 5.64. The molecule has 3 heteroatoms. The van der Waals surface area contributed by atoms with Crippen LogP contribution in [-0.2, 0) is 18.6 Å². The fraction of sp³-hybridized carbons (Fsp3) is 0.136. The average molecular weight is 344 g/mol. The van der Waals surface area contributed by atoms with E-state index in [2.05, 4.69) is 70.6 Å². The second kappa shape index (κ2) is 7.58. The molecule has 1 N–H and O–H groups in total. The molecule has 0 bridgehead atoms. The molecule has 0 aliphatic rings. The highest BCUT2D eigenvalue weighted by Gasteiger charge is 2.06. The molecule has 0 spiro atoms. The lowest BCUT2D eigenvalue weighted by Crippen LogP contribution is -1.96. The van der Waals surface area contributed by atoms with E-state index in [1.807, 2.05) is 18.2 Å². The lowest BCUT2D eigenvalue weighted by molar-refractivity contribution is 0.946. The van der Waals surface area contributed by atoms with E-state index in [0.717, 1.165) is 34.8 Å². The minimum Gasteiger partial charge on any atom is -0.333 e. The summed E-state index contributed by atoms with van der Waals surface area (Å²) in [5.41, 5.74) is 6.34. The first-order chi connectivity index (χ1) is 12.4. The third-order valence-electron chi connectivity index (χ3n) is 4.38. The lowest BCUT2D eigenvalue weighted by Gasteiger charge is -2.09. The fourth-order valence-electron chi connectivity index (χ4n) is 3.01. The van der Waals surface area contributed by atoms with E-state index < -0.39 is 0 Å². The van der Waals surface area contributed by atoms with Crippen LogP contribution in [0.4, 0.5) is 0 Å². The summed E-state index contributed by atoms with van der Waals surface area (Å²) in [5.74, 6) is 0.935. The zero-order valence-corrected chi connectivity index (χ0v) is 14.8. The van der Waals surface area contributed by atoms with Crippen LogP contribution in [0.1, 0.15) is 16.7 Å². The molecule has 3 aromatic carbocycles. The van der Waals surface area contributed by atoms with Gasteiger partial charge in [0.1, 0.15) is 0 Å². The number of para-hydroxylation sites is 2. The number of aromatic nitrogens is 2. The van der Waals surface area contributed by atoms with E-state index in [-0.39, 0.29) is 0 Å². The van der Waals surface area contributed by atoms with Crippen LogP contribution in [0.5, 0.6) is 0 Å². The minimum absolute atomic E-state index is 0.935. The van der Waals surface area contributed by atoms with Crippen molar-refractivity contribution in [3.8, 4) is 0 Å². The Bertz CT molecular complexity index is 927. The first-order valence-electron chi connectivity index (χ1n) is 8.57. The van der Waals surface area contributed by atoms with Crippen LogP contribution in [-0.4, -0.2) is 9.97 Å². The molecule has 0 unspecified atom stereocenters. The van der Waals surface area contributed by atoms with Gasteiger partial charge < -0.3 is 4.98 Å². The SMILES string of the molecule is c1ccc(CCc2ccccc2CSc2nc3ccccc3[nH]2)cc1. The molecule has 0 fully saturated rings. The number of aromatic amines is 1. The number of rotatable bonds is 6. The summed E-state index contributed by atoms with van der Waals surface area (Å²) in [6.07, 6.45) is 2.15. The number of thioether (sulfide) groups is 1. The molecule has 0 atom stereocenters. The maximum Gasteiger partial charge on any atom is 0.166 e. The smallest absolute Gasteiger partial charge is 0.166 e. The molecule has 4 rings (SSSR count). The average Bonchev–Trinajstić information content (AvgIpc) is 3.09. The van der Waals surface area contributed by atoms with Crippen LogP contribution in [0.25, 0.3) is 11.0 Å². The normalized spacial score (nSPS) is 11.0. The largest absolute Gasteiger partial charge is 0.333 e. The van der Waals surface area contributed by atoms with Crippen LogP contribution in [0.15, 0.2) is 84.0 Å². The van der Waals surface area contributed by atoms with Crippen LogP contribution < -0.4 is 0 Å². The maximum absolute atomic E-state index is 4.66. The molecule has 0 radical (unpaired) electrons. The van der Waals surface area contributed by atoms with Gasteiger partial charge in [0, 0.05) is 5.75 Å². The molecule has 0 aliphatic heterocycles. The van der Waals surface area contributed by atoms with E-state index in [1.54, 1.807) is 11.8 Å². The third-order valence-corrected chi connectivity index (χ3v) is 5.30. The highest BCUT2D eigenvalue weighted by molar-refractivity contribution is 7.98. The Morgan fingerprint density at radius 3 is 2.28 bits per heavy atom. The Morgan fingerprint density at radius 2 is 1.44 bits per heavy atom. The Hall–Kier alpha value is -2.52. The van der Waals surface area contributed by atoms with Crippen molar-refractivity contribution >= 4 is 22.8 Å². The number of fused-ring (bicyclic) bond motifs is 1. The van der Waals surface area contributed by atoms with Crippen molar-refractivity contribution in [2.24, 2.45) is 0 Å². The van der Waals surface area contributed by atoms with Crippen molar-refractivity contribution < 1.29 is 0 Å². The van der Waals surface area contributed by atoms with Gasteiger partial charge in [-0.05, 0) is 41.7 Å². The number of hydrogen-bond acceptors (Lipinski definition) is 2. The number of nitrogens with zero attached hydrogens (tertiary/aromatic N) is 1. The number of aryl methyl sites for hydroxylation is 2. The van der Waals surface area contributed by atoms with Crippen molar-refractivity contribution in [3.63, 3.8) is 0 Å². The molecule has 2 nitrogen and oxygen atoms in total. The Kier molecular flexibility index (Phi) is 4.84. The summed E-state index contributed by atoms with van der Waals surface area (Å²) in [6, 6.07) is 27.6. The second-order valence-electron chi connectivity index (χ2n) is 6.10. The zero-order chi connectivity index (χ0) is 16.9. The third kappa shape index (κ3) is 3.94. The summed E-state index contributed by atoms with van der Waals surface area (Å²) in [5, 5.41) is 0.985. The molecule has 0 saturated carbocycles. The van der Waals surface area contributed by atoms with Crippen LogP contribution >= 0.6 is 11.8 Å². The van der Waals surface area contributed by atoms with E-state index in [1.165, 1.54) is 16.7 Å². The van der Waals surface area contributed by atoms with Crippen molar-refractivity contribution in [1.82, 2.24) is 9.97 Å². The van der Waals surface area contributed by atoms with Crippen LogP contribution in [0.3, 0.4) is 0 Å². The molecule has 25 heavy (non-hydrogen) atoms. The van der Waals surface area contributed by atoms with Crippen LogP contribution in [0, 0.1) is 0 Å². The fourth-order valence-corrected chi connectivity index (χ4v) is 3.93. The Balaban J connectivity index is 1.45. The molecular weight excluding hydrogens is 324 g/mol. The van der Waals surface area contributed by atoms with Gasteiger partial charge in [0.15, 0.2) is 5.16 Å². The van der Waals surface area contributed by atoms with Gasteiger partial charge in [-0.2, -0.15) is 0 Å². The van der Waals surface area contributed by atoms with Crippen molar-refractivity contribution in [2.75, 3.05) is 0 Å². The van der Waals surface area contributed by atoms with Gasteiger partial charge in [0.25, 0.3) is 0 Å². The highest BCUT2D eigenvalue weighted by Crippen LogP contribution is 2.25. The molecule has 124 valence electrons. The minimum atomic E-state index is 0.935. The number of hydrogen-bond donors (Lipinski definition) is 1. The van der Waals surface area contributed by atoms with Gasteiger partial charge in [-0.1, -0.05) is 78.5 Å². The van der Waals surface area contributed by atoms with Gasteiger partial charge in [-0.25, -0.2) is 4.98 Å². The molecular formula is C22H20N2S. The quantitative estimate of drug-likeness (QED) is 0.459. The highest BCUT2D eigenvalue weighted by atomic mass is 32.2. The van der Waals surface area contributed by atoms with Gasteiger partial charge >= 0.3 is 0 Å². The van der Waals surface area contributed by atoms with E-state index in [4.69, 9.17) is 0 Å². The summed E-state index contributed by atoms with van der Waals surface area (Å²) >= 11 is 1.77. The standard InChI is InChI=1S/C22H20N2S/c1-2-8-17(9-3-1)14-15-18-10-4-5-11-19(18)16-25-22-23-20-12-6-7-13-21(20)24-22/h1-13H,14-16H2,(H,23,24). The monoisotopic (exact) mass is 344 g/mol. The van der Waals surface area contributed by atoms with Gasteiger partial charge in [-0.15, -0.1) is 0 Å². The van der Waals surface area contributed by atoms with Crippen molar-refractivity contribution in [3.05, 3.63) is 95.6 Å². The Labute approximate surface area is 152 Å². The van der Waals surface area contributed by atoms with Gasteiger partial charge in [-0.3, -0.25) is 0 Å². The molecule has 1 heterocycles. The van der Waals surface area contributed by atoms with Crippen molar-refractivity contribution in [1.29, 1.82) is 0 Å². The Morgan fingerprint density at radius 1 is 0.720 bits per heavy atom. The summed E-state index contributed by atoms with van der Waals surface area (Å²) in [6.45, 7) is 0. The zero-order valence-electron chi connectivity index (χ0n) is 14.0. The van der Waals surface area contributed by atoms with E-state index in [9.17, 15) is 0 Å². The topological polar surface area (TPSA) is 28.7 Å². The molecule has 1 aromatic heterocycles. The van der Waals surface area contributed by atoms with Crippen LogP contribution in [0.2, 0.25) is 0 Å². The number of benzene rings is 3. The first-order valence-corrected chi connectivity index (χ1v) is 9.55. The second-order valence-corrected chi connectivity index (χ2v) is 7.07. The van der Waals surface area contributed by atoms with Crippen molar-refractivity contribution in [2.45, 2.75) is 23.8 Å². The van der Waals surface area contributed by atoms with E-state index in [0.29, 0.717) is 0 Å². The molecule has 0 aliphatic carbocycles.